The first-order valence-electron chi connectivity index (χ1n) is 12.3. The Balaban J connectivity index is 2.24. The quantitative estimate of drug-likeness (QED) is 0.215. The third-order valence-electron chi connectivity index (χ3n) is 6.33. The second-order valence-electron chi connectivity index (χ2n) is 9.29. The fourth-order valence-corrected chi connectivity index (χ4v) is 4.36. The average molecular weight is 663 g/mol. The second-order valence-corrected chi connectivity index (χ2v) is 9.29. The highest BCUT2D eigenvalue weighted by Crippen LogP contribution is 2.56. The highest BCUT2D eigenvalue weighted by Gasteiger charge is 2.43. The van der Waals surface area contributed by atoms with E-state index < -0.39 is 103 Å². The minimum atomic E-state index is -5.17. The largest absolute Gasteiger partial charge is 0.433 e. The van der Waals surface area contributed by atoms with Gasteiger partial charge in [0.05, 0.1) is 16.7 Å². The number of hydrogen-bond donors (Lipinski definition) is 0. The summed E-state index contributed by atoms with van der Waals surface area (Å²) in [5.74, 6) is 0. The van der Waals surface area contributed by atoms with E-state index in [2.05, 4.69) is 15.0 Å². The molecule has 234 valence electrons. The van der Waals surface area contributed by atoms with Crippen LogP contribution >= 0.6 is 0 Å². The van der Waals surface area contributed by atoms with Crippen LogP contribution in [0.15, 0.2) is 53.1 Å². The number of aromatic nitrogens is 3. The van der Waals surface area contributed by atoms with Gasteiger partial charge in [0.2, 0.25) is 0 Å². The van der Waals surface area contributed by atoms with Crippen LogP contribution in [-0.4, -0.2) is 15.0 Å². The molecule has 4 rings (SSSR count). The van der Waals surface area contributed by atoms with Crippen molar-refractivity contribution in [3.8, 4) is 36.4 Å². The van der Waals surface area contributed by atoms with Crippen molar-refractivity contribution in [2.24, 2.45) is 0 Å². The minimum absolute atomic E-state index is 0.321. The molecule has 0 N–H and O–H groups in total. The van der Waals surface area contributed by atoms with Crippen molar-refractivity contribution < 1.29 is 39.5 Å². The lowest BCUT2D eigenvalue weighted by atomic mass is 10.0. The summed E-state index contributed by atoms with van der Waals surface area (Å²) in [6.45, 7) is 0. The monoisotopic (exact) mass is 663 g/mol. The normalized spacial score (nSPS) is 12.4. The molecule has 18 heteroatoms. The van der Waals surface area contributed by atoms with Gasteiger partial charge in [0.1, 0.15) is 70.6 Å². The zero-order valence-electron chi connectivity index (χ0n) is 22.9. The summed E-state index contributed by atoms with van der Waals surface area (Å²) >= 11 is 0. The molecule has 1 aliphatic carbocycles. The molecule has 0 spiro atoms. The van der Waals surface area contributed by atoms with Crippen LogP contribution in [0.2, 0.25) is 0 Å². The zero-order valence-corrected chi connectivity index (χ0v) is 22.9. The maximum Gasteiger partial charge on any atom is 0.433 e. The van der Waals surface area contributed by atoms with Gasteiger partial charge in [-0.2, -0.15) is 71.1 Å². The number of pyridine rings is 3. The molecule has 0 unspecified atom stereocenters. The van der Waals surface area contributed by atoms with Crippen molar-refractivity contribution in [1.29, 1.82) is 31.6 Å². The van der Waals surface area contributed by atoms with Gasteiger partial charge in [-0.1, -0.05) is 0 Å². The number of halogens is 9. The van der Waals surface area contributed by atoms with E-state index in [0.29, 0.717) is 18.2 Å². The van der Waals surface area contributed by atoms with E-state index in [9.17, 15) is 71.1 Å². The van der Waals surface area contributed by atoms with Crippen LogP contribution in [0.1, 0.15) is 50.9 Å². The third kappa shape index (κ3) is 6.50. The van der Waals surface area contributed by atoms with Gasteiger partial charge in [-0.3, -0.25) is 0 Å². The molecule has 9 nitrogen and oxygen atoms in total. The topological polar surface area (TPSA) is 181 Å². The molecule has 0 aliphatic heterocycles. The predicted molar refractivity (Wildman–Crippen MR) is 139 cm³/mol. The lowest BCUT2D eigenvalue weighted by molar-refractivity contribution is -0.142. The number of hydrogen-bond acceptors (Lipinski definition) is 9. The van der Waals surface area contributed by atoms with Crippen LogP contribution in [-0.2, 0) is 18.5 Å². The molecule has 0 radical (unpaired) electrons. The van der Waals surface area contributed by atoms with E-state index in [4.69, 9.17) is 0 Å². The van der Waals surface area contributed by atoms with Gasteiger partial charge in [0, 0.05) is 16.7 Å². The lowest BCUT2D eigenvalue weighted by Crippen LogP contribution is -2.10. The summed E-state index contributed by atoms with van der Waals surface area (Å²) in [5, 5.41) is 58.1. The molecule has 1 saturated carbocycles. The van der Waals surface area contributed by atoms with Crippen molar-refractivity contribution in [2.45, 2.75) is 18.5 Å². The van der Waals surface area contributed by atoms with Crippen LogP contribution in [0.4, 0.5) is 39.5 Å². The Kier molecular flexibility index (Phi) is 8.51. The molecular weight excluding hydrogens is 657 g/mol. The average Bonchev–Trinajstić information content (AvgIpc) is 3.73. The molecule has 1 fully saturated rings. The van der Waals surface area contributed by atoms with E-state index in [1.807, 2.05) is 0 Å². The van der Waals surface area contributed by atoms with E-state index >= 15 is 0 Å². The zero-order chi connectivity index (χ0) is 35.8. The van der Waals surface area contributed by atoms with Gasteiger partial charge in [0.25, 0.3) is 0 Å². The number of nitriles is 6. The highest BCUT2D eigenvalue weighted by atomic mass is 19.4. The van der Waals surface area contributed by atoms with E-state index in [1.165, 1.54) is 18.2 Å². The Morgan fingerprint density at radius 3 is 0.812 bits per heavy atom. The molecule has 0 saturated heterocycles. The van der Waals surface area contributed by atoms with Crippen LogP contribution in [0.3, 0.4) is 0 Å². The van der Waals surface area contributed by atoms with Crippen molar-refractivity contribution >= 4 is 16.7 Å². The Hall–Kier alpha value is -7.02. The molecule has 3 aromatic heterocycles. The van der Waals surface area contributed by atoms with E-state index in [1.54, 1.807) is 18.2 Å². The predicted octanol–water partition coefficient (Wildman–Crippen LogP) is 6.79. The molecule has 3 heterocycles. The van der Waals surface area contributed by atoms with Crippen molar-refractivity contribution in [1.82, 2.24) is 15.0 Å². The van der Waals surface area contributed by atoms with E-state index in [0.717, 1.165) is 18.2 Å². The Labute approximate surface area is 261 Å². The van der Waals surface area contributed by atoms with Crippen LogP contribution in [0, 0.1) is 68.0 Å². The molecule has 0 aromatic carbocycles. The SMILES string of the molecule is N#CC(=C1C(=C(C#N)c2cc(C#N)nc(C(F)(F)F)c2)C1=C(C#N)c1cc(C#N)nc(C(F)(F)F)c1)c1cc(C#N)nc(C(F)(F)F)c1. The lowest BCUT2D eigenvalue weighted by Gasteiger charge is -2.08. The van der Waals surface area contributed by atoms with Crippen LogP contribution < -0.4 is 0 Å². The highest BCUT2D eigenvalue weighted by molar-refractivity contribution is 6.12. The molecule has 48 heavy (non-hydrogen) atoms. The molecule has 0 atom stereocenters. The first-order valence-corrected chi connectivity index (χ1v) is 12.3. The maximum absolute atomic E-state index is 13.6. The third-order valence-corrected chi connectivity index (χ3v) is 6.33. The summed E-state index contributed by atoms with van der Waals surface area (Å²) < 4.78 is 123. The first-order chi connectivity index (χ1) is 22.4. The number of nitrogens with zero attached hydrogens (tertiary/aromatic N) is 9. The second kappa shape index (κ2) is 12.1. The van der Waals surface area contributed by atoms with Gasteiger partial charge < -0.3 is 0 Å². The van der Waals surface area contributed by atoms with Gasteiger partial charge >= 0.3 is 18.5 Å². The maximum atomic E-state index is 13.6. The summed E-state index contributed by atoms with van der Waals surface area (Å²) in [6.07, 6.45) is -15.5. The standard InChI is InChI=1S/C30H6F9N9/c31-28(32,33)22-4-13(1-16(7-40)46-22)19(10-43)25-26(20(11-44)14-2-17(8-41)47-23(5-14)29(34,35)36)27(25)21(12-45)15-3-18(9-42)48-24(6-15)30(37,38)39/h1-6H. The van der Waals surface area contributed by atoms with Crippen molar-refractivity contribution in [3.63, 3.8) is 0 Å². The molecule has 0 amide bonds. The summed E-state index contributed by atoms with van der Waals surface area (Å²) in [6, 6.07) is 11.9. The fourth-order valence-electron chi connectivity index (χ4n) is 4.36. The van der Waals surface area contributed by atoms with Crippen LogP contribution in [0.25, 0.3) is 16.7 Å². The smallest absolute Gasteiger partial charge is 0.233 e. The fraction of sp³-hybridized carbons (Fsp3) is 0.100. The van der Waals surface area contributed by atoms with Gasteiger partial charge in [-0.15, -0.1) is 0 Å². The number of allylic oxidation sites excluding steroid dienone is 6. The van der Waals surface area contributed by atoms with Gasteiger partial charge in [-0.25, -0.2) is 15.0 Å². The summed E-state index contributed by atoms with van der Waals surface area (Å²) in [7, 11) is 0. The Bertz CT molecular complexity index is 2000. The van der Waals surface area contributed by atoms with Gasteiger partial charge in [-0.05, 0) is 53.1 Å². The first kappa shape index (κ1) is 33.9. The minimum Gasteiger partial charge on any atom is -0.233 e. The molecule has 0 bridgehead atoms. The Morgan fingerprint density at radius 1 is 0.417 bits per heavy atom. The molecule has 3 aromatic rings. The number of alkyl halides is 9. The molecular formula is C30H6F9N9. The van der Waals surface area contributed by atoms with Crippen molar-refractivity contribution in [2.75, 3.05) is 0 Å². The van der Waals surface area contributed by atoms with E-state index in [-0.39, 0.29) is 0 Å². The van der Waals surface area contributed by atoms with Crippen LogP contribution in [0.5, 0.6) is 0 Å². The Morgan fingerprint density at radius 2 is 0.646 bits per heavy atom. The van der Waals surface area contributed by atoms with Gasteiger partial charge in [0.15, 0.2) is 0 Å². The summed E-state index contributed by atoms with van der Waals surface area (Å²) in [5.41, 5.74) is -13.6. The summed E-state index contributed by atoms with van der Waals surface area (Å²) in [4.78, 5) is 9.37. The molecule has 1 aliphatic rings. The van der Waals surface area contributed by atoms with Crippen molar-refractivity contribution in [3.05, 3.63) is 104 Å². The number of rotatable bonds is 3.